The summed E-state index contributed by atoms with van der Waals surface area (Å²) in [6, 6.07) is 4.27. The van der Waals surface area contributed by atoms with Crippen LogP contribution in [0.15, 0.2) is 24.5 Å². The van der Waals surface area contributed by atoms with E-state index >= 15 is 0 Å². The van der Waals surface area contributed by atoms with Gasteiger partial charge in [0.15, 0.2) is 0 Å². The number of nitrogens with one attached hydrogen (secondary N) is 1. The van der Waals surface area contributed by atoms with Crippen LogP contribution in [0.25, 0.3) is 5.65 Å². The van der Waals surface area contributed by atoms with Gasteiger partial charge in [0.05, 0.1) is 12.3 Å². The van der Waals surface area contributed by atoms with Gasteiger partial charge in [0, 0.05) is 25.5 Å². The van der Waals surface area contributed by atoms with Crippen molar-refractivity contribution in [2.75, 3.05) is 13.2 Å². The third-order valence-electron chi connectivity index (χ3n) is 3.17. The number of pyridine rings is 1. The molecule has 0 aliphatic heterocycles. The summed E-state index contributed by atoms with van der Waals surface area (Å²) in [6.45, 7) is 1.49. The van der Waals surface area contributed by atoms with E-state index < -0.39 is 0 Å². The number of fused-ring (bicyclic) bond motifs is 1. The van der Waals surface area contributed by atoms with E-state index in [4.69, 9.17) is 5.11 Å². The van der Waals surface area contributed by atoms with Gasteiger partial charge in [-0.25, -0.2) is 4.98 Å². The number of aliphatic hydroxyl groups is 1. The van der Waals surface area contributed by atoms with Gasteiger partial charge in [-0.15, -0.1) is 0 Å². The van der Waals surface area contributed by atoms with Gasteiger partial charge in [0.2, 0.25) is 0 Å². The summed E-state index contributed by atoms with van der Waals surface area (Å²) >= 11 is 0. The van der Waals surface area contributed by atoms with Crippen LogP contribution in [-0.2, 0) is 6.54 Å². The van der Waals surface area contributed by atoms with Gasteiger partial charge in [-0.05, 0) is 30.4 Å². The Kier molecular flexibility index (Phi) is 2.82. The summed E-state index contributed by atoms with van der Waals surface area (Å²) in [5, 5.41) is 11.8. The van der Waals surface area contributed by atoms with Crippen LogP contribution in [0.1, 0.15) is 30.0 Å². The number of imidazole rings is 1. The van der Waals surface area contributed by atoms with E-state index in [2.05, 4.69) is 39.2 Å². The minimum atomic E-state index is 0.166. The van der Waals surface area contributed by atoms with Crippen LogP contribution in [0, 0.1) is 0 Å². The first-order valence-corrected chi connectivity index (χ1v) is 6.16. The molecule has 1 fully saturated rings. The Morgan fingerprint density at radius 3 is 3.00 bits per heavy atom. The Labute approximate surface area is 100 Å². The smallest absolute Gasteiger partial charge is 0.137 e. The first-order chi connectivity index (χ1) is 8.36. The van der Waals surface area contributed by atoms with Crippen LogP contribution in [0.2, 0.25) is 0 Å². The SMILES string of the molecule is OCCNCc1cn2cc(C3CC3)ccc2n1. The van der Waals surface area contributed by atoms with Gasteiger partial charge >= 0.3 is 0 Å². The van der Waals surface area contributed by atoms with E-state index in [9.17, 15) is 0 Å². The first kappa shape index (κ1) is 10.7. The van der Waals surface area contributed by atoms with E-state index in [0.717, 1.165) is 17.3 Å². The second-order valence-electron chi connectivity index (χ2n) is 4.63. The lowest BCUT2D eigenvalue weighted by Crippen LogP contribution is -2.17. The Balaban J connectivity index is 1.80. The van der Waals surface area contributed by atoms with E-state index in [0.29, 0.717) is 13.1 Å². The van der Waals surface area contributed by atoms with Crippen LogP contribution < -0.4 is 5.32 Å². The number of hydrogen-bond acceptors (Lipinski definition) is 3. The summed E-state index contributed by atoms with van der Waals surface area (Å²) in [6.07, 6.45) is 6.90. The van der Waals surface area contributed by atoms with Crippen molar-refractivity contribution in [3.05, 3.63) is 35.8 Å². The molecule has 0 amide bonds. The summed E-state index contributed by atoms with van der Waals surface area (Å²) in [5.41, 5.74) is 3.44. The van der Waals surface area contributed by atoms with Crippen LogP contribution in [0.5, 0.6) is 0 Å². The van der Waals surface area contributed by atoms with Gasteiger partial charge in [-0.2, -0.15) is 0 Å². The van der Waals surface area contributed by atoms with Crippen LogP contribution in [0.3, 0.4) is 0 Å². The number of rotatable bonds is 5. The molecule has 0 saturated heterocycles. The highest BCUT2D eigenvalue weighted by molar-refractivity contribution is 5.42. The highest BCUT2D eigenvalue weighted by Crippen LogP contribution is 2.39. The predicted octanol–water partition coefficient (Wildman–Crippen LogP) is 1.29. The van der Waals surface area contributed by atoms with Crippen molar-refractivity contribution in [1.29, 1.82) is 0 Å². The number of aromatic nitrogens is 2. The molecule has 2 aromatic heterocycles. The average Bonchev–Trinajstić information content (AvgIpc) is 3.10. The Morgan fingerprint density at radius 2 is 2.24 bits per heavy atom. The number of aliphatic hydroxyl groups excluding tert-OH is 1. The molecule has 0 unspecified atom stereocenters. The molecule has 0 radical (unpaired) electrons. The Morgan fingerprint density at radius 1 is 1.35 bits per heavy atom. The van der Waals surface area contributed by atoms with Crippen molar-refractivity contribution in [2.24, 2.45) is 0 Å². The molecule has 4 heteroatoms. The Hall–Kier alpha value is -1.39. The van der Waals surface area contributed by atoms with Crippen molar-refractivity contribution in [3.63, 3.8) is 0 Å². The zero-order valence-electron chi connectivity index (χ0n) is 9.76. The number of hydrogen-bond donors (Lipinski definition) is 2. The molecule has 2 aromatic rings. The fourth-order valence-corrected chi connectivity index (χ4v) is 2.10. The van der Waals surface area contributed by atoms with Crippen molar-refractivity contribution in [2.45, 2.75) is 25.3 Å². The second kappa shape index (κ2) is 4.47. The molecule has 0 atom stereocenters. The van der Waals surface area contributed by atoms with Crippen LogP contribution in [-0.4, -0.2) is 27.6 Å². The molecule has 1 aliphatic carbocycles. The predicted molar refractivity (Wildman–Crippen MR) is 66.0 cm³/mol. The van der Waals surface area contributed by atoms with Gasteiger partial charge in [-0.1, -0.05) is 6.07 Å². The topological polar surface area (TPSA) is 49.6 Å². The maximum Gasteiger partial charge on any atom is 0.137 e. The molecular formula is C13H17N3O. The van der Waals surface area contributed by atoms with Crippen LogP contribution in [0.4, 0.5) is 0 Å². The lowest BCUT2D eigenvalue weighted by atomic mass is 10.2. The third-order valence-corrected chi connectivity index (χ3v) is 3.17. The fraction of sp³-hybridized carbons (Fsp3) is 0.462. The minimum Gasteiger partial charge on any atom is -0.395 e. The van der Waals surface area contributed by atoms with Crippen molar-refractivity contribution >= 4 is 5.65 Å². The molecule has 17 heavy (non-hydrogen) atoms. The molecule has 2 heterocycles. The molecule has 4 nitrogen and oxygen atoms in total. The van der Waals surface area contributed by atoms with E-state index in [1.165, 1.54) is 18.4 Å². The van der Waals surface area contributed by atoms with Gasteiger partial charge in [0.25, 0.3) is 0 Å². The van der Waals surface area contributed by atoms with E-state index in [1.54, 1.807) is 0 Å². The quantitative estimate of drug-likeness (QED) is 0.762. The van der Waals surface area contributed by atoms with Crippen molar-refractivity contribution in [1.82, 2.24) is 14.7 Å². The van der Waals surface area contributed by atoms with Gasteiger partial charge in [0.1, 0.15) is 5.65 Å². The molecule has 2 N–H and O–H groups in total. The zero-order valence-corrected chi connectivity index (χ0v) is 9.76. The summed E-state index contributed by atoms with van der Waals surface area (Å²) < 4.78 is 2.10. The maximum absolute atomic E-state index is 8.70. The standard InChI is InChI=1S/C13H17N3O/c17-6-5-14-7-12-9-16-8-11(10-1-2-10)3-4-13(16)15-12/h3-4,8-10,14,17H,1-2,5-7H2. The average molecular weight is 231 g/mol. The lowest BCUT2D eigenvalue weighted by Gasteiger charge is -1.98. The molecule has 0 aromatic carbocycles. The fourth-order valence-electron chi connectivity index (χ4n) is 2.10. The monoisotopic (exact) mass is 231 g/mol. The zero-order chi connectivity index (χ0) is 11.7. The number of nitrogens with zero attached hydrogens (tertiary/aromatic N) is 2. The molecule has 0 bridgehead atoms. The highest BCUT2D eigenvalue weighted by atomic mass is 16.3. The summed E-state index contributed by atoms with van der Waals surface area (Å²) in [7, 11) is 0. The molecule has 0 spiro atoms. The molecule has 1 aliphatic rings. The molecular weight excluding hydrogens is 214 g/mol. The van der Waals surface area contributed by atoms with Crippen molar-refractivity contribution < 1.29 is 5.11 Å². The molecule has 90 valence electrons. The van der Waals surface area contributed by atoms with Gasteiger partial charge in [-0.3, -0.25) is 0 Å². The van der Waals surface area contributed by atoms with Crippen molar-refractivity contribution in [3.8, 4) is 0 Å². The lowest BCUT2D eigenvalue weighted by molar-refractivity contribution is 0.291. The second-order valence-corrected chi connectivity index (χ2v) is 4.63. The largest absolute Gasteiger partial charge is 0.395 e. The van der Waals surface area contributed by atoms with Gasteiger partial charge < -0.3 is 14.8 Å². The summed E-state index contributed by atoms with van der Waals surface area (Å²) in [5.74, 6) is 0.776. The first-order valence-electron chi connectivity index (χ1n) is 6.16. The molecule has 1 saturated carbocycles. The minimum absolute atomic E-state index is 0.166. The third kappa shape index (κ3) is 2.33. The summed E-state index contributed by atoms with van der Waals surface area (Å²) in [4.78, 5) is 4.52. The van der Waals surface area contributed by atoms with E-state index in [1.807, 2.05) is 0 Å². The van der Waals surface area contributed by atoms with E-state index in [-0.39, 0.29) is 6.61 Å². The van der Waals surface area contributed by atoms with Crippen LogP contribution >= 0.6 is 0 Å². The normalized spacial score (nSPS) is 15.6. The Bertz CT molecular complexity index is 516. The highest BCUT2D eigenvalue weighted by Gasteiger charge is 2.23. The molecule has 3 rings (SSSR count). The maximum atomic E-state index is 8.70.